The molecule has 1 atom stereocenters. The first-order valence-corrected chi connectivity index (χ1v) is 12.0. The van der Waals surface area contributed by atoms with Crippen LogP contribution in [0.15, 0.2) is 77.7 Å². The Labute approximate surface area is 193 Å². The van der Waals surface area contributed by atoms with Crippen LogP contribution in [-0.4, -0.2) is 32.9 Å². The Morgan fingerprint density at radius 1 is 1.00 bits per heavy atom. The Hall–Kier alpha value is -3.65. The first-order chi connectivity index (χ1) is 15.8. The predicted molar refractivity (Wildman–Crippen MR) is 126 cm³/mol. The van der Waals surface area contributed by atoms with Gasteiger partial charge in [0, 0.05) is 12.2 Å². The lowest BCUT2D eigenvalue weighted by Crippen LogP contribution is -2.30. The molecule has 0 saturated carbocycles. The van der Waals surface area contributed by atoms with Gasteiger partial charge in [0.15, 0.2) is 6.10 Å². The number of nitrogens with one attached hydrogen (secondary N) is 1. The zero-order valence-electron chi connectivity index (χ0n) is 18.3. The second kappa shape index (κ2) is 9.07. The van der Waals surface area contributed by atoms with E-state index < -0.39 is 28.0 Å². The summed E-state index contributed by atoms with van der Waals surface area (Å²) in [6.45, 7) is 3.74. The SMILES string of the molecule is Cc1ccc(NC(=O)C(C)OC(=O)c2cccc(S(=O)(=O)N3CCc4ccccc43)c2)cc1. The average molecular weight is 465 g/mol. The summed E-state index contributed by atoms with van der Waals surface area (Å²) in [6, 6.07) is 20.3. The van der Waals surface area contributed by atoms with Gasteiger partial charge in [-0.25, -0.2) is 13.2 Å². The Kier molecular flexibility index (Phi) is 6.20. The molecule has 0 saturated heterocycles. The van der Waals surface area contributed by atoms with E-state index in [0.717, 1.165) is 11.1 Å². The van der Waals surface area contributed by atoms with Gasteiger partial charge in [-0.3, -0.25) is 9.10 Å². The topological polar surface area (TPSA) is 92.8 Å². The van der Waals surface area contributed by atoms with Crippen LogP contribution in [0.2, 0.25) is 0 Å². The van der Waals surface area contributed by atoms with Crippen LogP contribution in [0.25, 0.3) is 0 Å². The van der Waals surface area contributed by atoms with E-state index in [4.69, 9.17) is 4.74 Å². The molecule has 1 aliphatic rings. The summed E-state index contributed by atoms with van der Waals surface area (Å²) in [7, 11) is -3.85. The van der Waals surface area contributed by atoms with Crippen LogP contribution >= 0.6 is 0 Å². The summed E-state index contributed by atoms with van der Waals surface area (Å²) in [5.74, 6) is -1.26. The van der Waals surface area contributed by atoms with Crippen molar-refractivity contribution in [1.29, 1.82) is 0 Å². The monoisotopic (exact) mass is 464 g/mol. The number of ether oxygens (including phenoxy) is 1. The second-order valence-corrected chi connectivity index (χ2v) is 9.75. The first-order valence-electron chi connectivity index (χ1n) is 10.5. The molecule has 1 amide bonds. The summed E-state index contributed by atoms with van der Waals surface area (Å²) < 4.78 is 33.1. The maximum absolute atomic E-state index is 13.2. The minimum absolute atomic E-state index is 0.00888. The maximum atomic E-state index is 13.2. The summed E-state index contributed by atoms with van der Waals surface area (Å²) in [4.78, 5) is 25.0. The number of carbonyl (C=O) groups is 2. The first kappa shape index (κ1) is 22.5. The van der Waals surface area contributed by atoms with Gasteiger partial charge in [-0.15, -0.1) is 0 Å². The van der Waals surface area contributed by atoms with Crippen molar-refractivity contribution < 1.29 is 22.7 Å². The van der Waals surface area contributed by atoms with Crippen LogP contribution in [0.4, 0.5) is 11.4 Å². The zero-order valence-corrected chi connectivity index (χ0v) is 19.1. The number of amides is 1. The van der Waals surface area contributed by atoms with E-state index in [-0.39, 0.29) is 10.5 Å². The molecular weight excluding hydrogens is 440 g/mol. The van der Waals surface area contributed by atoms with Gasteiger partial charge in [-0.05, 0) is 62.2 Å². The van der Waals surface area contributed by atoms with E-state index in [0.29, 0.717) is 24.3 Å². The lowest BCUT2D eigenvalue weighted by molar-refractivity contribution is -0.123. The minimum Gasteiger partial charge on any atom is -0.449 e. The fourth-order valence-corrected chi connectivity index (χ4v) is 5.18. The second-order valence-electron chi connectivity index (χ2n) is 7.89. The van der Waals surface area contributed by atoms with E-state index >= 15 is 0 Å². The molecule has 33 heavy (non-hydrogen) atoms. The molecule has 1 heterocycles. The molecule has 0 fully saturated rings. The highest BCUT2D eigenvalue weighted by molar-refractivity contribution is 7.92. The number of carbonyl (C=O) groups excluding carboxylic acids is 2. The van der Waals surface area contributed by atoms with Crippen molar-refractivity contribution in [3.05, 3.63) is 89.5 Å². The molecule has 0 spiro atoms. The molecule has 0 aliphatic carbocycles. The van der Waals surface area contributed by atoms with E-state index in [1.54, 1.807) is 24.3 Å². The predicted octanol–water partition coefficient (Wildman–Crippen LogP) is 3.93. The highest BCUT2D eigenvalue weighted by Gasteiger charge is 2.31. The van der Waals surface area contributed by atoms with Gasteiger partial charge in [-0.2, -0.15) is 0 Å². The van der Waals surface area contributed by atoms with E-state index in [1.165, 1.54) is 35.5 Å². The van der Waals surface area contributed by atoms with E-state index in [2.05, 4.69) is 5.32 Å². The number of para-hydroxylation sites is 1. The van der Waals surface area contributed by atoms with Gasteiger partial charge < -0.3 is 10.1 Å². The maximum Gasteiger partial charge on any atom is 0.338 e. The molecule has 1 unspecified atom stereocenters. The molecule has 3 aromatic rings. The van der Waals surface area contributed by atoms with Gasteiger partial charge in [0.1, 0.15) is 0 Å². The number of hydrogen-bond acceptors (Lipinski definition) is 5. The van der Waals surface area contributed by atoms with Crippen molar-refractivity contribution >= 4 is 33.3 Å². The van der Waals surface area contributed by atoms with Gasteiger partial charge in [0.25, 0.3) is 15.9 Å². The van der Waals surface area contributed by atoms with Gasteiger partial charge in [0.05, 0.1) is 16.1 Å². The number of sulfonamides is 1. The molecule has 8 heteroatoms. The van der Waals surface area contributed by atoms with Crippen LogP contribution in [0.3, 0.4) is 0 Å². The third kappa shape index (κ3) is 4.75. The van der Waals surface area contributed by atoms with Crippen LogP contribution in [0.5, 0.6) is 0 Å². The quantitative estimate of drug-likeness (QED) is 0.558. The third-order valence-electron chi connectivity index (χ3n) is 5.47. The number of hydrogen-bond donors (Lipinski definition) is 1. The molecule has 1 aliphatic heterocycles. The smallest absolute Gasteiger partial charge is 0.338 e. The van der Waals surface area contributed by atoms with Crippen molar-refractivity contribution in [2.24, 2.45) is 0 Å². The number of fused-ring (bicyclic) bond motifs is 1. The molecule has 1 N–H and O–H groups in total. The van der Waals surface area contributed by atoms with Gasteiger partial charge in [0.2, 0.25) is 0 Å². The largest absolute Gasteiger partial charge is 0.449 e. The zero-order chi connectivity index (χ0) is 23.6. The minimum atomic E-state index is -3.85. The van der Waals surface area contributed by atoms with Crippen LogP contribution in [-0.2, 0) is 26.0 Å². The molecule has 0 radical (unpaired) electrons. The summed E-state index contributed by atoms with van der Waals surface area (Å²) in [6.07, 6.45) is -0.436. The molecule has 0 bridgehead atoms. The Morgan fingerprint density at radius 3 is 2.48 bits per heavy atom. The number of esters is 1. The number of benzene rings is 3. The normalized spacial score (nSPS) is 13.8. The van der Waals surface area contributed by atoms with Crippen molar-refractivity contribution in [3.63, 3.8) is 0 Å². The molecule has 4 rings (SSSR count). The molecule has 170 valence electrons. The third-order valence-corrected chi connectivity index (χ3v) is 7.28. The molecule has 3 aromatic carbocycles. The van der Waals surface area contributed by atoms with Crippen molar-refractivity contribution in [1.82, 2.24) is 0 Å². The van der Waals surface area contributed by atoms with Gasteiger partial charge in [-0.1, -0.05) is 42.0 Å². The molecule has 7 nitrogen and oxygen atoms in total. The lowest BCUT2D eigenvalue weighted by Gasteiger charge is -2.20. The van der Waals surface area contributed by atoms with E-state index in [9.17, 15) is 18.0 Å². The number of nitrogens with zero attached hydrogens (tertiary/aromatic N) is 1. The van der Waals surface area contributed by atoms with Crippen molar-refractivity contribution in [3.8, 4) is 0 Å². The number of anilines is 2. The van der Waals surface area contributed by atoms with E-state index in [1.807, 2.05) is 31.2 Å². The average Bonchev–Trinajstić information content (AvgIpc) is 3.25. The molecular formula is C25H24N2O5S. The standard InChI is InChI=1S/C25H24N2O5S/c1-17-10-12-21(13-11-17)26-24(28)18(2)32-25(29)20-7-5-8-22(16-20)33(30,31)27-15-14-19-6-3-4-9-23(19)27/h3-13,16,18H,14-15H2,1-2H3,(H,26,28). The summed E-state index contributed by atoms with van der Waals surface area (Å²) >= 11 is 0. The van der Waals surface area contributed by atoms with Crippen LogP contribution < -0.4 is 9.62 Å². The fourth-order valence-electron chi connectivity index (χ4n) is 3.63. The highest BCUT2D eigenvalue weighted by Crippen LogP contribution is 2.32. The lowest BCUT2D eigenvalue weighted by atomic mass is 10.2. The van der Waals surface area contributed by atoms with Crippen LogP contribution in [0, 0.1) is 6.92 Å². The highest BCUT2D eigenvalue weighted by atomic mass is 32.2. The summed E-state index contributed by atoms with van der Waals surface area (Å²) in [5.41, 5.74) is 3.31. The van der Waals surface area contributed by atoms with Gasteiger partial charge >= 0.3 is 5.97 Å². The van der Waals surface area contributed by atoms with Crippen LogP contribution in [0.1, 0.15) is 28.4 Å². The molecule has 0 aromatic heterocycles. The number of rotatable bonds is 6. The number of aryl methyl sites for hydroxylation is 1. The Balaban J connectivity index is 1.47. The van der Waals surface area contributed by atoms with Crippen molar-refractivity contribution in [2.75, 3.05) is 16.2 Å². The Bertz CT molecular complexity index is 1300. The van der Waals surface area contributed by atoms with Crippen molar-refractivity contribution in [2.45, 2.75) is 31.3 Å². The Morgan fingerprint density at radius 2 is 1.73 bits per heavy atom. The fraction of sp³-hybridized carbons (Fsp3) is 0.200. The summed E-state index contributed by atoms with van der Waals surface area (Å²) in [5, 5.41) is 2.69.